The Kier molecular flexibility index (Phi) is 5.60. The lowest BCUT2D eigenvalue weighted by molar-refractivity contribution is -0.122. The summed E-state index contributed by atoms with van der Waals surface area (Å²) in [7, 11) is 1.71. The topological polar surface area (TPSA) is 110 Å². The highest BCUT2D eigenvalue weighted by molar-refractivity contribution is 5.97. The SMILES string of the molecule is Cc1ccc(NC(=O)CN(C)C(C)C(=O)Nc2ccc3[nH]c(=O)[nH]c3c2)cc1. The number of carbonyl (C=O) groups is 2. The van der Waals surface area contributed by atoms with Crippen LogP contribution in [-0.2, 0) is 9.59 Å². The monoisotopic (exact) mass is 381 g/mol. The highest BCUT2D eigenvalue weighted by Gasteiger charge is 2.20. The number of nitrogens with one attached hydrogen (secondary N) is 4. The van der Waals surface area contributed by atoms with Gasteiger partial charge in [-0.2, -0.15) is 0 Å². The molecule has 0 bridgehead atoms. The average molecular weight is 381 g/mol. The molecule has 3 rings (SSSR count). The summed E-state index contributed by atoms with van der Waals surface area (Å²) in [5.41, 5.74) is 3.38. The summed E-state index contributed by atoms with van der Waals surface area (Å²) in [6.45, 7) is 3.78. The van der Waals surface area contributed by atoms with Crippen LogP contribution >= 0.6 is 0 Å². The number of carbonyl (C=O) groups excluding carboxylic acids is 2. The smallest absolute Gasteiger partial charge is 0.323 e. The summed E-state index contributed by atoms with van der Waals surface area (Å²) in [6, 6.07) is 12.1. The summed E-state index contributed by atoms with van der Waals surface area (Å²) in [6.07, 6.45) is 0. The van der Waals surface area contributed by atoms with Crippen molar-refractivity contribution in [3.63, 3.8) is 0 Å². The molecule has 0 saturated heterocycles. The van der Waals surface area contributed by atoms with Gasteiger partial charge in [0.25, 0.3) is 0 Å². The third-order valence-corrected chi connectivity index (χ3v) is 4.55. The van der Waals surface area contributed by atoms with Crippen molar-refractivity contribution in [1.82, 2.24) is 14.9 Å². The zero-order valence-corrected chi connectivity index (χ0v) is 16.0. The van der Waals surface area contributed by atoms with Gasteiger partial charge in [-0.15, -0.1) is 0 Å². The molecule has 3 aromatic rings. The zero-order valence-electron chi connectivity index (χ0n) is 16.0. The van der Waals surface area contributed by atoms with Crippen LogP contribution in [-0.4, -0.2) is 46.3 Å². The van der Waals surface area contributed by atoms with Crippen LogP contribution in [0.15, 0.2) is 47.3 Å². The van der Waals surface area contributed by atoms with Crippen LogP contribution in [0.4, 0.5) is 11.4 Å². The summed E-state index contributed by atoms with van der Waals surface area (Å²) in [4.78, 5) is 43.0. The largest absolute Gasteiger partial charge is 0.325 e. The number of anilines is 2. The molecule has 8 nitrogen and oxygen atoms in total. The second kappa shape index (κ2) is 8.10. The molecule has 2 amide bonds. The maximum atomic E-state index is 12.5. The number of hydrogen-bond acceptors (Lipinski definition) is 4. The predicted molar refractivity (Wildman–Crippen MR) is 109 cm³/mol. The Hall–Kier alpha value is -3.39. The lowest BCUT2D eigenvalue weighted by Gasteiger charge is -2.23. The molecule has 0 aliphatic carbocycles. The number of aryl methyl sites for hydroxylation is 1. The van der Waals surface area contributed by atoms with Crippen LogP contribution in [0.25, 0.3) is 11.0 Å². The van der Waals surface area contributed by atoms with E-state index in [-0.39, 0.29) is 24.0 Å². The number of fused-ring (bicyclic) bond motifs is 1. The van der Waals surface area contributed by atoms with E-state index in [1.807, 2.05) is 31.2 Å². The molecule has 0 saturated carbocycles. The maximum absolute atomic E-state index is 12.5. The average Bonchev–Trinajstić information content (AvgIpc) is 3.02. The van der Waals surface area contributed by atoms with E-state index in [1.54, 1.807) is 37.1 Å². The number of aromatic nitrogens is 2. The molecule has 1 heterocycles. The van der Waals surface area contributed by atoms with Crippen LogP contribution < -0.4 is 16.3 Å². The first-order valence-corrected chi connectivity index (χ1v) is 8.91. The van der Waals surface area contributed by atoms with Crippen molar-refractivity contribution in [3.8, 4) is 0 Å². The van der Waals surface area contributed by atoms with E-state index in [0.717, 1.165) is 11.3 Å². The van der Waals surface area contributed by atoms with Gasteiger partial charge in [0.1, 0.15) is 0 Å². The van der Waals surface area contributed by atoms with E-state index in [1.165, 1.54) is 0 Å². The van der Waals surface area contributed by atoms with Crippen LogP contribution in [0, 0.1) is 6.92 Å². The first-order chi connectivity index (χ1) is 13.3. The fourth-order valence-corrected chi connectivity index (χ4v) is 2.76. The minimum Gasteiger partial charge on any atom is -0.325 e. The van der Waals surface area contributed by atoms with E-state index < -0.39 is 6.04 Å². The minimum atomic E-state index is -0.523. The van der Waals surface area contributed by atoms with E-state index in [4.69, 9.17) is 0 Å². The molecular weight excluding hydrogens is 358 g/mol. The molecule has 0 aliphatic heterocycles. The number of hydrogen-bond donors (Lipinski definition) is 4. The van der Waals surface area contributed by atoms with Gasteiger partial charge in [0.2, 0.25) is 11.8 Å². The standard InChI is InChI=1S/C20H23N5O3/c1-12-4-6-14(7-5-12)21-18(26)11-25(3)13(2)19(27)22-15-8-9-16-17(10-15)24-20(28)23-16/h4-10,13H,11H2,1-3H3,(H,21,26)(H,22,27)(H2,23,24,28). The Labute approximate surface area is 161 Å². The Morgan fingerprint density at radius 1 is 1.00 bits per heavy atom. The Morgan fingerprint density at radius 3 is 2.36 bits per heavy atom. The van der Waals surface area contributed by atoms with Crippen LogP contribution in [0.2, 0.25) is 0 Å². The highest BCUT2D eigenvalue weighted by atomic mass is 16.2. The van der Waals surface area contributed by atoms with Crippen molar-refractivity contribution < 1.29 is 9.59 Å². The molecule has 1 atom stereocenters. The number of nitrogens with zero attached hydrogens (tertiary/aromatic N) is 1. The van der Waals surface area contributed by atoms with Gasteiger partial charge in [0.05, 0.1) is 23.6 Å². The van der Waals surface area contributed by atoms with Gasteiger partial charge in [0.15, 0.2) is 0 Å². The molecule has 0 fully saturated rings. The lowest BCUT2D eigenvalue weighted by atomic mass is 10.2. The molecular formula is C20H23N5O3. The van der Waals surface area contributed by atoms with E-state index >= 15 is 0 Å². The second-order valence-corrected chi connectivity index (χ2v) is 6.83. The molecule has 2 aromatic carbocycles. The first kappa shape index (κ1) is 19.4. The second-order valence-electron chi connectivity index (χ2n) is 6.83. The van der Waals surface area contributed by atoms with Crippen LogP contribution in [0.5, 0.6) is 0 Å². The van der Waals surface area contributed by atoms with Crippen molar-refractivity contribution in [1.29, 1.82) is 0 Å². The number of imidazole rings is 1. The zero-order chi connectivity index (χ0) is 20.3. The van der Waals surface area contributed by atoms with Gasteiger partial charge in [-0.3, -0.25) is 14.5 Å². The van der Waals surface area contributed by atoms with E-state index in [2.05, 4.69) is 20.6 Å². The number of H-pyrrole nitrogens is 2. The van der Waals surface area contributed by atoms with Crippen molar-refractivity contribution in [2.45, 2.75) is 19.9 Å². The Morgan fingerprint density at radius 2 is 1.64 bits per heavy atom. The van der Waals surface area contributed by atoms with Gasteiger partial charge >= 0.3 is 5.69 Å². The van der Waals surface area contributed by atoms with Crippen molar-refractivity contribution in [3.05, 3.63) is 58.5 Å². The van der Waals surface area contributed by atoms with Crippen LogP contribution in [0.3, 0.4) is 0 Å². The lowest BCUT2D eigenvalue weighted by Crippen LogP contribution is -2.43. The van der Waals surface area contributed by atoms with Crippen LogP contribution in [0.1, 0.15) is 12.5 Å². The fourth-order valence-electron chi connectivity index (χ4n) is 2.76. The summed E-state index contributed by atoms with van der Waals surface area (Å²) in [5.74, 6) is -0.444. The third-order valence-electron chi connectivity index (χ3n) is 4.55. The maximum Gasteiger partial charge on any atom is 0.323 e. The van der Waals surface area contributed by atoms with Crippen molar-refractivity contribution in [2.75, 3.05) is 24.2 Å². The van der Waals surface area contributed by atoms with Gasteiger partial charge in [-0.1, -0.05) is 17.7 Å². The Balaban J connectivity index is 1.57. The third kappa shape index (κ3) is 4.66. The van der Waals surface area contributed by atoms with E-state index in [0.29, 0.717) is 16.7 Å². The van der Waals surface area contributed by atoms with Gasteiger partial charge in [0, 0.05) is 11.4 Å². The Bertz CT molecular complexity index is 1050. The normalized spacial score (nSPS) is 12.1. The van der Waals surface area contributed by atoms with Gasteiger partial charge in [-0.25, -0.2) is 4.79 Å². The predicted octanol–water partition coefficient (Wildman–Crippen LogP) is 2.06. The highest BCUT2D eigenvalue weighted by Crippen LogP contribution is 2.15. The summed E-state index contributed by atoms with van der Waals surface area (Å²) < 4.78 is 0. The molecule has 0 spiro atoms. The molecule has 0 aliphatic rings. The van der Waals surface area contributed by atoms with Gasteiger partial charge in [-0.05, 0) is 51.2 Å². The molecule has 8 heteroatoms. The van der Waals surface area contributed by atoms with E-state index in [9.17, 15) is 14.4 Å². The molecule has 146 valence electrons. The molecule has 4 N–H and O–H groups in total. The molecule has 1 unspecified atom stereocenters. The summed E-state index contributed by atoms with van der Waals surface area (Å²) in [5, 5.41) is 5.62. The molecule has 1 aromatic heterocycles. The number of benzene rings is 2. The van der Waals surface area contributed by atoms with Crippen molar-refractivity contribution in [2.24, 2.45) is 0 Å². The fraction of sp³-hybridized carbons (Fsp3) is 0.250. The van der Waals surface area contributed by atoms with Gasteiger partial charge < -0.3 is 20.6 Å². The number of likely N-dealkylation sites (N-methyl/N-ethyl adjacent to an activating group) is 1. The molecule has 28 heavy (non-hydrogen) atoms. The quantitative estimate of drug-likeness (QED) is 0.524. The number of rotatable bonds is 6. The minimum absolute atomic E-state index is 0.0760. The number of amides is 2. The molecule has 0 radical (unpaired) electrons. The van der Waals surface area contributed by atoms with Crippen molar-refractivity contribution >= 4 is 34.2 Å². The summed E-state index contributed by atoms with van der Waals surface area (Å²) >= 11 is 0. The number of aromatic amines is 2. The first-order valence-electron chi connectivity index (χ1n) is 8.91.